The number of carbonyl (C=O) groups excluding carboxylic acids is 1. The van der Waals surface area contributed by atoms with E-state index in [2.05, 4.69) is 5.32 Å². The maximum Gasteiger partial charge on any atom is 0.255 e. The van der Waals surface area contributed by atoms with Crippen molar-refractivity contribution in [3.63, 3.8) is 0 Å². The average molecular weight is 278 g/mol. The maximum absolute atomic E-state index is 12.3. The largest absolute Gasteiger partial charge is 0.504 e. The van der Waals surface area contributed by atoms with E-state index in [9.17, 15) is 9.90 Å². The molecule has 1 fully saturated rings. The smallest absolute Gasteiger partial charge is 0.255 e. The lowest BCUT2D eigenvalue weighted by Crippen LogP contribution is -2.46. The highest BCUT2D eigenvalue weighted by Gasteiger charge is 2.24. The van der Waals surface area contributed by atoms with Crippen molar-refractivity contribution < 1.29 is 14.6 Å². The molecule has 5 heteroatoms. The monoisotopic (exact) mass is 278 g/mol. The predicted octanol–water partition coefficient (Wildman–Crippen LogP) is 1.79. The standard InChI is InChI=1S/C15H22N2O3/c1-20-13-9-5-6-10(14(13)18)15(19)17-12-8-4-2-3-7-11(12)16/h5-6,9,11-12,18H,2-4,7-8,16H2,1H3,(H,17,19). The van der Waals surface area contributed by atoms with Crippen LogP contribution in [0.25, 0.3) is 0 Å². The van der Waals surface area contributed by atoms with Gasteiger partial charge in [0.15, 0.2) is 11.5 Å². The van der Waals surface area contributed by atoms with Gasteiger partial charge in [0.1, 0.15) is 0 Å². The third-order valence-electron chi connectivity index (χ3n) is 3.85. The fourth-order valence-corrected chi connectivity index (χ4v) is 2.63. The Balaban J connectivity index is 2.11. The van der Waals surface area contributed by atoms with Gasteiger partial charge < -0.3 is 20.9 Å². The number of benzene rings is 1. The van der Waals surface area contributed by atoms with Crippen LogP contribution in [0.4, 0.5) is 0 Å². The number of carbonyl (C=O) groups is 1. The second-order valence-corrected chi connectivity index (χ2v) is 5.24. The van der Waals surface area contributed by atoms with Gasteiger partial charge in [0, 0.05) is 12.1 Å². The molecule has 0 radical (unpaired) electrons. The van der Waals surface area contributed by atoms with E-state index >= 15 is 0 Å². The van der Waals surface area contributed by atoms with Crippen molar-refractivity contribution in [3.05, 3.63) is 23.8 Å². The highest BCUT2D eigenvalue weighted by atomic mass is 16.5. The molecule has 0 heterocycles. The van der Waals surface area contributed by atoms with Crippen LogP contribution in [-0.4, -0.2) is 30.2 Å². The van der Waals surface area contributed by atoms with Crippen molar-refractivity contribution in [3.8, 4) is 11.5 Å². The Morgan fingerprint density at radius 1 is 1.35 bits per heavy atom. The van der Waals surface area contributed by atoms with E-state index in [4.69, 9.17) is 10.5 Å². The molecule has 110 valence electrons. The van der Waals surface area contributed by atoms with Gasteiger partial charge in [-0.15, -0.1) is 0 Å². The van der Waals surface area contributed by atoms with Crippen molar-refractivity contribution in [1.29, 1.82) is 0 Å². The minimum atomic E-state index is -0.302. The molecular weight excluding hydrogens is 256 g/mol. The van der Waals surface area contributed by atoms with Crippen LogP contribution in [0.2, 0.25) is 0 Å². The number of methoxy groups -OCH3 is 1. The molecule has 0 aliphatic heterocycles. The molecule has 1 amide bonds. The highest BCUT2D eigenvalue weighted by molar-refractivity contribution is 5.97. The molecule has 1 aliphatic carbocycles. The summed E-state index contributed by atoms with van der Waals surface area (Å²) in [6.07, 6.45) is 5.15. The van der Waals surface area contributed by atoms with Gasteiger partial charge in [-0.2, -0.15) is 0 Å². The third-order valence-corrected chi connectivity index (χ3v) is 3.85. The summed E-state index contributed by atoms with van der Waals surface area (Å²) in [4.78, 5) is 12.3. The molecule has 0 aromatic heterocycles. The second-order valence-electron chi connectivity index (χ2n) is 5.24. The van der Waals surface area contributed by atoms with E-state index in [-0.39, 0.29) is 29.3 Å². The molecule has 1 saturated carbocycles. The van der Waals surface area contributed by atoms with Crippen LogP contribution in [0.1, 0.15) is 42.5 Å². The molecule has 2 unspecified atom stereocenters. The number of aromatic hydroxyl groups is 1. The first-order valence-corrected chi connectivity index (χ1v) is 7.06. The molecule has 20 heavy (non-hydrogen) atoms. The number of ether oxygens (including phenoxy) is 1. The Labute approximate surface area is 119 Å². The number of phenols is 1. The van der Waals surface area contributed by atoms with Crippen LogP contribution in [0.5, 0.6) is 11.5 Å². The van der Waals surface area contributed by atoms with E-state index in [1.165, 1.54) is 7.11 Å². The molecule has 1 aromatic carbocycles. The number of nitrogens with one attached hydrogen (secondary N) is 1. The van der Waals surface area contributed by atoms with E-state index in [0.29, 0.717) is 5.75 Å². The maximum atomic E-state index is 12.3. The number of hydrogen-bond acceptors (Lipinski definition) is 4. The van der Waals surface area contributed by atoms with Gasteiger partial charge in [-0.25, -0.2) is 0 Å². The Kier molecular flexibility index (Phi) is 4.84. The van der Waals surface area contributed by atoms with E-state index < -0.39 is 0 Å². The Hall–Kier alpha value is -1.75. The first-order valence-electron chi connectivity index (χ1n) is 7.06. The van der Waals surface area contributed by atoms with E-state index in [1.54, 1.807) is 18.2 Å². The Morgan fingerprint density at radius 2 is 2.10 bits per heavy atom. The van der Waals surface area contributed by atoms with E-state index in [1.807, 2.05) is 0 Å². The van der Waals surface area contributed by atoms with Crippen molar-refractivity contribution >= 4 is 5.91 Å². The van der Waals surface area contributed by atoms with Gasteiger partial charge in [-0.3, -0.25) is 4.79 Å². The number of amides is 1. The predicted molar refractivity (Wildman–Crippen MR) is 77.0 cm³/mol. The summed E-state index contributed by atoms with van der Waals surface area (Å²) in [6.45, 7) is 0. The summed E-state index contributed by atoms with van der Waals surface area (Å²) in [5.41, 5.74) is 6.32. The zero-order valence-electron chi connectivity index (χ0n) is 11.8. The second kappa shape index (κ2) is 6.61. The summed E-state index contributed by atoms with van der Waals surface area (Å²) in [6, 6.07) is 4.82. The SMILES string of the molecule is COc1cccc(C(=O)NC2CCCCCC2N)c1O. The molecule has 1 aliphatic rings. The molecule has 0 saturated heterocycles. The number of phenolic OH excluding ortho intramolecular Hbond substituents is 1. The Morgan fingerprint density at radius 3 is 2.85 bits per heavy atom. The fourth-order valence-electron chi connectivity index (χ4n) is 2.63. The van der Waals surface area contributed by atoms with Gasteiger partial charge in [-0.05, 0) is 25.0 Å². The number of hydrogen-bond donors (Lipinski definition) is 3. The van der Waals surface area contributed by atoms with Crippen LogP contribution in [0.15, 0.2) is 18.2 Å². The lowest BCUT2D eigenvalue weighted by Gasteiger charge is -2.23. The minimum Gasteiger partial charge on any atom is -0.504 e. The van der Waals surface area contributed by atoms with Crippen molar-refractivity contribution in [2.24, 2.45) is 5.73 Å². The lowest BCUT2D eigenvalue weighted by molar-refractivity contribution is 0.0925. The molecular formula is C15H22N2O3. The zero-order valence-corrected chi connectivity index (χ0v) is 11.8. The van der Waals surface area contributed by atoms with Gasteiger partial charge in [-0.1, -0.05) is 25.3 Å². The summed E-state index contributed by atoms with van der Waals surface area (Å²) in [5.74, 6) is -0.138. The van der Waals surface area contributed by atoms with Gasteiger partial charge in [0.05, 0.1) is 12.7 Å². The summed E-state index contributed by atoms with van der Waals surface area (Å²) in [7, 11) is 1.46. The molecule has 4 N–H and O–H groups in total. The fraction of sp³-hybridized carbons (Fsp3) is 0.533. The van der Waals surface area contributed by atoms with Crippen LogP contribution < -0.4 is 15.8 Å². The lowest BCUT2D eigenvalue weighted by atomic mass is 10.0. The van der Waals surface area contributed by atoms with Crippen LogP contribution >= 0.6 is 0 Å². The third kappa shape index (κ3) is 3.22. The Bertz CT molecular complexity index is 476. The van der Waals surface area contributed by atoms with Crippen molar-refractivity contribution in [2.45, 2.75) is 44.2 Å². The summed E-state index contributed by atoms with van der Waals surface area (Å²) in [5, 5.41) is 12.9. The highest BCUT2D eigenvalue weighted by Crippen LogP contribution is 2.29. The number of para-hydroxylation sites is 1. The van der Waals surface area contributed by atoms with Crippen molar-refractivity contribution in [2.75, 3.05) is 7.11 Å². The van der Waals surface area contributed by atoms with Crippen molar-refractivity contribution in [1.82, 2.24) is 5.32 Å². The zero-order chi connectivity index (χ0) is 14.5. The van der Waals surface area contributed by atoms with Gasteiger partial charge in [0.2, 0.25) is 0 Å². The first kappa shape index (κ1) is 14.7. The molecule has 0 spiro atoms. The average Bonchev–Trinajstić information content (AvgIpc) is 2.64. The number of nitrogens with two attached hydrogens (primary N) is 1. The van der Waals surface area contributed by atoms with Gasteiger partial charge >= 0.3 is 0 Å². The van der Waals surface area contributed by atoms with Gasteiger partial charge in [0.25, 0.3) is 5.91 Å². The van der Waals surface area contributed by atoms with Crippen LogP contribution in [0, 0.1) is 0 Å². The van der Waals surface area contributed by atoms with Crippen LogP contribution in [-0.2, 0) is 0 Å². The molecule has 0 bridgehead atoms. The quantitative estimate of drug-likeness (QED) is 0.736. The summed E-state index contributed by atoms with van der Waals surface area (Å²) >= 11 is 0. The molecule has 2 atom stereocenters. The van der Waals surface area contributed by atoms with E-state index in [0.717, 1.165) is 32.1 Å². The topological polar surface area (TPSA) is 84.6 Å². The normalized spacial score (nSPS) is 22.9. The first-order chi connectivity index (χ1) is 9.63. The number of rotatable bonds is 3. The summed E-state index contributed by atoms with van der Waals surface area (Å²) < 4.78 is 5.01. The van der Waals surface area contributed by atoms with Crippen LogP contribution in [0.3, 0.4) is 0 Å². The molecule has 1 aromatic rings. The molecule has 2 rings (SSSR count). The minimum absolute atomic E-state index is 0.0193. The molecule has 5 nitrogen and oxygen atoms in total.